The van der Waals surface area contributed by atoms with Gasteiger partial charge in [0.1, 0.15) is 17.3 Å². The maximum Gasteiger partial charge on any atom is 0.270 e. The number of hydrogen-bond acceptors (Lipinski definition) is 6. The van der Waals surface area contributed by atoms with Crippen LogP contribution in [0.3, 0.4) is 0 Å². The molecule has 3 amide bonds. The van der Waals surface area contributed by atoms with Crippen molar-refractivity contribution < 1.29 is 19.5 Å². The van der Waals surface area contributed by atoms with Crippen LogP contribution in [0.1, 0.15) is 72.1 Å². The van der Waals surface area contributed by atoms with E-state index in [2.05, 4.69) is 38.5 Å². The number of anilines is 1. The molecule has 2 unspecified atom stereocenters. The number of aryl methyl sites for hydroxylation is 1. The van der Waals surface area contributed by atoms with E-state index in [1.807, 2.05) is 37.3 Å². The van der Waals surface area contributed by atoms with Gasteiger partial charge in [0.25, 0.3) is 5.91 Å². The molecule has 5 N–H and O–H groups in total. The molecular weight excluding hydrogens is 544 g/mol. The number of fused-ring (bicyclic) bond motifs is 1. The van der Waals surface area contributed by atoms with Gasteiger partial charge >= 0.3 is 0 Å². The number of nitrogens with zero attached hydrogens (tertiary/aromatic N) is 2. The van der Waals surface area contributed by atoms with Gasteiger partial charge in [-0.05, 0) is 85.4 Å². The fourth-order valence-electron chi connectivity index (χ4n) is 7.09. The molecule has 43 heavy (non-hydrogen) atoms. The van der Waals surface area contributed by atoms with E-state index in [0.717, 1.165) is 36.8 Å². The van der Waals surface area contributed by atoms with E-state index >= 15 is 0 Å². The molecule has 1 aromatic heterocycles. The van der Waals surface area contributed by atoms with Crippen LogP contribution in [-0.2, 0) is 28.6 Å². The van der Waals surface area contributed by atoms with Gasteiger partial charge in [-0.1, -0.05) is 43.3 Å². The Bertz CT molecular complexity index is 1520. The van der Waals surface area contributed by atoms with E-state index in [0.29, 0.717) is 30.8 Å². The first kappa shape index (κ1) is 29.1. The molecule has 0 bridgehead atoms. The van der Waals surface area contributed by atoms with Crippen molar-refractivity contribution in [1.82, 2.24) is 25.7 Å². The van der Waals surface area contributed by atoms with E-state index in [9.17, 15) is 19.5 Å². The number of aromatic nitrogens is 2. The summed E-state index contributed by atoms with van der Waals surface area (Å²) in [7, 11) is 1.70. The molecule has 10 nitrogen and oxygen atoms in total. The van der Waals surface area contributed by atoms with Crippen molar-refractivity contribution in [2.24, 2.45) is 12.5 Å². The predicted octanol–water partition coefficient (Wildman–Crippen LogP) is 2.74. The monoisotopic (exact) mass is 584 g/mol. The molecule has 2 heterocycles. The SMILES string of the molecule is CC[C@H](CO)NC(=O)C1(c2cccc(NC(=O)[C@@H](NC(=O)c3ccnn3C)C3c4ccccc4CC34CC4)c2)CCCN1. The van der Waals surface area contributed by atoms with Gasteiger partial charge in [0.15, 0.2) is 0 Å². The smallest absolute Gasteiger partial charge is 0.270 e. The second-order valence-corrected chi connectivity index (χ2v) is 12.3. The van der Waals surface area contributed by atoms with Crippen LogP contribution in [0, 0.1) is 5.41 Å². The quantitative estimate of drug-likeness (QED) is 0.249. The molecule has 226 valence electrons. The Morgan fingerprint density at radius 1 is 1.09 bits per heavy atom. The Kier molecular flexibility index (Phi) is 7.83. The third-order valence-corrected chi connectivity index (χ3v) is 9.65. The van der Waals surface area contributed by atoms with Crippen LogP contribution < -0.4 is 21.3 Å². The maximum atomic E-state index is 14.2. The van der Waals surface area contributed by atoms with Crippen LogP contribution >= 0.6 is 0 Å². The highest BCUT2D eigenvalue weighted by atomic mass is 16.3. The average Bonchev–Trinajstić information content (AvgIpc) is 3.32. The normalized spacial score (nSPS) is 22.9. The number of carbonyl (C=O) groups excluding carboxylic acids is 3. The van der Waals surface area contributed by atoms with E-state index in [1.165, 1.54) is 10.2 Å². The molecular formula is C33H40N6O4. The van der Waals surface area contributed by atoms with Crippen LogP contribution in [0.2, 0.25) is 0 Å². The number of hydrogen-bond donors (Lipinski definition) is 5. The highest BCUT2D eigenvalue weighted by Crippen LogP contribution is 2.64. The lowest BCUT2D eigenvalue weighted by atomic mass is 9.82. The summed E-state index contributed by atoms with van der Waals surface area (Å²) in [5.74, 6) is -1.00. The summed E-state index contributed by atoms with van der Waals surface area (Å²) in [6.45, 7) is 2.47. The molecule has 1 aliphatic heterocycles. The fourth-order valence-corrected chi connectivity index (χ4v) is 7.09. The van der Waals surface area contributed by atoms with Gasteiger partial charge in [-0.2, -0.15) is 5.10 Å². The molecule has 2 fully saturated rings. The van der Waals surface area contributed by atoms with Gasteiger partial charge in [0.2, 0.25) is 11.8 Å². The molecule has 3 aromatic rings. The van der Waals surface area contributed by atoms with Crippen molar-refractivity contribution in [2.75, 3.05) is 18.5 Å². The summed E-state index contributed by atoms with van der Waals surface area (Å²) in [4.78, 5) is 41.2. The first-order chi connectivity index (χ1) is 20.8. The maximum absolute atomic E-state index is 14.2. The Hall–Kier alpha value is -4.02. The number of aliphatic hydroxyl groups excluding tert-OH is 1. The molecule has 4 atom stereocenters. The standard InChI is InChI=1S/C33H40N6O4/c1-3-23(20-40)37-31(43)33(13-7-16-34-33)22-9-6-10-24(18-22)36-30(42)28(38-29(41)26-12-17-35-39(26)2)27-25-11-5-4-8-21(25)19-32(27)14-15-32/h4-6,8-12,17-18,23,27-28,34,40H,3,7,13-16,19-20H2,1-2H3,(H,36,42)(H,37,43)(H,38,41)/t23-,27?,28+,33?/m1/s1. The number of carbonyl (C=O) groups is 3. The zero-order valence-corrected chi connectivity index (χ0v) is 24.7. The van der Waals surface area contributed by atoms with Crippen molar-refractivity contribution in [3.05, 3.63) is 83.2 Å². The molecule has 6 rings (SSSR count). The van der Waals surface area contributed by atoms with Crippen LogP contribution in [0.25, 0.3) is 0 Å². The van der Waals surface area contributed by atoms with Crippen molar-refractivity contribution in [3.8, 4) is 0 Å². The zero-order chi connectivity index (χ0) is 30.2. The molecule has 1 saturated heterocycles. The van der Waals surface area contributed by atoms with E-state index < -0.39 is 11.6 Å². The largest absolute Gasteiger partial charge is 0.394 e. The summed E-state index contributed by atoms with van der Waals surface area (Å²) >= 11 is 0. The van der Waals surface area contributed by atoms with E-state index in [4.69, 9.17) is 0 Å². The predicted molar refractivity (Wildman–Crippen MR) is 162 cm³/mol. The number of amides is 3. The highest BCUT2D eigenvalue weighted by molar-refractivity contribution is 6.01. The number of benzene rings is 2. The van der Waals surface area contributed by atoms with Crippen molar-refractivity contribution in [2.45, 2.75) is 69.0 Å². The number of rotatable bonds is 10. The van der Waals surface area contributed by atoms with E-state index in [1.54, 1.807) is 25.4 Å². The fraction of sp³-hybridized carbons (Fsp3) is 0.455. The lowest BCUT2D eigenvalue weighted by molar-refractivity contribution is -0.128. The highest BCUT2D eigenvalue weighted by Gasteiger charge is 2.58. The van der Waals surface area contributed by atoms with Crippen LogP contribution in [0.5, 0.6) is 0 Å². The summed E-state index contributed by atoms with van der Waals surface area (Å²) < 4.78 is 1.50. The molecule has 1 spiro atoms. The van der Waals surface area contributed by atoms with Crippen LogP contribution in [-0.4, -0.2) is 57.8 Å². The minimum Gasteiger partial charge on any atom is -0.394 e. The second kappa shape index (κ2) is 11.6. The van der Waals surface area contributed by atoms with Crippen LogP contribution in [0.4, 0.5) is 5.69 Å². The van der Waals surface area contributed by atoms with Gasteiger partial charge < -0.3 is 21.1 Å². The van der Waals surface area contributed by atoms with E-state index in [-0.39, 0.29) is 41.7 Å². The van der Waals surface area contributed by atoms with Crippen molar-refractivity contribution in [1.29, 1.82) is 0 Å². The lowest BCUT2D eigenvalue weighted by Crippen LogP contribution is -2.54. The molecule has 0 radical (unpaired) electrons. The zero-order valence-electron chi connectivity index (χ0n) is 24.7. The van der Waals surface area contributed by atoms with Crippen molar-refractivity contribution >= 4 is 23.4 Å². The first-order valence-corrected chi connectivity index (χ1v) is 15.2. The number of nitrogens with one attached hydrogen (secondary N) is 4. The third kappa shape index (κ3) is 5.34. The van der Waals surface area contributed by atoms with Gasteiger partial charge in [0.05, 0.1) is 12.6 Å². The summed E-state index contributed by atoms with van der Waals surface area (Å²) in [6, 6.07) is 16.1. The van der Waals surface area contributed by atoms with Gasteiger partial charge in [-0.25, -0.2) is 0 Å². The topological polar surface area (TPSA) is 137 Å². The molecule has 2 aromatic carbocycles. The summed E-state index contributed by atoms with van der Waals surface area (Å²) in [6.07, 6.45) is 6.51. The van der Waals surface area contributed by atoms with Gasteiger partial charge in [-0.3, -0.25) is 24.4 Å². The average molecular weight is 585 g/mol. The minimum atomic E-state index is -0.959. The summed E-state index contributed by atoms with van der Waals surface area (Å²) in [5.41, 5.74) is 3.00. The molecule has 3 aliphatic rings. The molecule has 10 heteroatoms. The minimum absolute atomic E-state index is 0.0499. The van der Waals surface area contributed by atoms with Crippen molar-refractivity contribution in [3.63, 3.8) is 0 Å². The van der Waals surface area contributed by atoms with Gasteiger partial charge in [-0.15, -0.1) is 0 Å². The molecule has 1 saturated carbocycles. The Balaban J connectivity index is 1.30. The third-order valence-electron chi connectivity index (χ3n) is 9.65. The first-order valence-electron chi connectivity index (χ1n) is 15.2. The second-order valence-electron chi connectivity index (χ2n) is 12.3. The van der Waals surface area contributed by atoms with Crippen LogP contribution in [0.15, 0.2) is 60.8 Å². The summed E-state index contributed by atoms with van der Waals surface area (Å²) in [5, 5.41) is 26.4. The lowest BCUT2D eigenvalue weighted by Gasteiger charge is -2.32. The molecule has 2 aliphatic carbocycles. The Morgan fingerprint density at radius 3 is 2.58 bits per heavy atom. The Labute approximate surface area is 251 Å². The Morgan fingerprint density at radius 2 is 1.91 bits per heavy atom. The van der Waals surface area contributed by atoms with Gasteiger partial charge in [0, 0.05) is 24.8 Å². The number of aliphatic hydroxyl groups is 1.